The van der Waals surface area contributed by atoms with E-state index in [-0.39, 0.29) is 11.5 Å². The average Bonchev–Trinajstić information content (AvgIpc) is 3.24. The van der Waals surface area contributed by atoms with Gasteiger partial charge in [-0.2, -0.15) is 9.61 Å². The molecule has 162 valence electrons. The second-order valence-electron chi connectivity index (χ2n) is 8.01. The summed E-state index contributed by atoms with van der Waals surface area (Å²) in [5.41, 5.74) is 3.67. The molecule has 4 aromatic rings. The molecule has 0 bridgehead atoms. The van der Waals surface area contributed by atoms with Crippen molar-refractivity contribution in [3.63, 3.8) is 0 Å². The molecule has 7 nitrogen and oxygen atoms in total. The van der Waals surface area contributed by atoms with Gasteiger partial charge in [0.15, 0.2) is 0 Å². The molecule has 2 aromatic heterocycles. The van der Waals surface area contributed by atoms with Crippen LogP contribution in [0, 0.1) is 13.8 Å². The van der Waals surface area contributed by atoms with Crippen LogP contribution in [0.3, 0.4) is 0 Å². The fraction of sp³-hybridized carbons (Fsp3) is 0.250. The van der Waals surface area contributed by atoms with Gasteiger partial charge >= 0.3 is 0 Å². The first kappa shape index (κ1) is 20.4. The number of benzene rings is 2. The van der Waals surface area contributed by atoms with Gasteiger partial charge in [0.25, 0.3) is 11.5 Å². The van der Waals surface area contributed by atoms with E-state index in [1.165, 1.54) is 27.5 Å². The van der Waals surface area contributed by atoms with Gasteiger partial charge in [-0.25, -0.2) is 4.98 Å². The summed E-state index contributed by atoms with van der Waals surface area (Å²) in [6.45, 7) is 6.43. The van der Waals surface area contributed by atoms with E-state index in [2.05, 4.69) is 10.00 Å². The van der Waals surface area contributed by atoms with Gasteiger partial charge in [-0.3, -0.25) is 9.59 Å². The maximum Gasteiger partial charge on any atom is 0.277 e. The molecule has 1 amide bonds. The van der Waals surface area contributed by atoms with E-state index in [0.29, 0.717) is 37.0 Å². The molecule has 2 aromatic carbocycles. The number of carbonyl (C=O) groups is 1. The molecule has 0 unspecified atom stereocenters. The second kappa shape index (κ2) is 8.20. The third-order valence-electron chi connectivity index (χ3n) is 5.80. The minimum atomic E-state index is -0.196. The Morgan fingerprint density at radius 3 is 2.41 bits per heavy atom. The van der Waals surface area contributed by atoms with Crippen molar-refractivity contribution in [1.29, 1.82) is 0 Å². The quantitative estimate of drug-likeness (QED) is 0.483. The zero-order chi connectivity index (χ0) is 22.2. The second-order valence-corrected chi connectivity index (χ2v) is 8.97. The van der Waals surface area contributed by atoms with Gasteiger partial charge in [0, 0.05) is 43.4 Å². The maximum absolute atomic E-state index is 12.9. The molecule has 3 heterocycles. The molecule has 1 saturated heterocycles. The van der Waals surface area contributed by atoms with E-state index in [1.54, 1.807) is 0 Å². The molecule has 0 atom stereocenters. The molecule has 32 heavy (non-hydrogen) atoms. The minimum Gasteiger partial charge on any atom is -0.353 e. The third-order valence-corrected chi connectivity index (χ3v) is 6.75. The number of anilines is 1. The van der Waals surface area contributed by atoms with Crippen molar-refractivity contribution >= 4 is 28.0 Å². The number of rotatable bonds is 3. The number of nitrogens with zero attached hydrogens (tertiary/aromatic N) is 5. The largest absolute Gasteiger partial charge is 0.353 e. The molecule has 0 radical (unpaired) electrons. The summed E-state index contributed by atoms with van der Waals surface area (Å²) in [5.74, 6) is 0.688. The van der Waals surface area contributed by atoms with Crippen LogP contribution < -0.4 is 10.5 Å². The van der Waals surface area contributed by atoms with Gasteiger partial charge in [-0.1, -0.05) is 59.4 Å². The monoisotopic (exact) mass is 445 g/mol. The number of amides is 1. The van der Waals surface area contributed by atoms with Crippen LogP contribution in [0.4, 0.5) is 5.82 Å². The van der Waals surface area contributed by atoms with Gasteiger partial charge in [0.2, 0.25) is 4.96 Å². The third kappa shape index (κ3) is 3.78. The summed E-state index contributed by atoms with van der Waals surface area (Å²) in [5, 5.41) is 5.23. The standard InChI is InChI=1S/C24H23N5O2S/c1-16-7-9-18(10-8-16)22-26-29-21(30)15-20(25-24(29)32-22)27-11-13-28(14-12-27)23(31)19-6-4-3-5-17(19)2/h3-10,15H,11-14H2,1-2H3. The summed E-state index contributed by atoms with van der Waals surface area (Å²) in [6, 6.07) is 17.3. The molecule has 1 aliphatic rings. The van der Waals surface area contributed by atoms with Crippen LogP contribution in [0.25, 0.3) is 15.5 Å². The van der Waals surface area contributed by atoms with E-state index >= 15 is 0 Å². The van der Waals surface area contributed by atoms with Crippen LogP contribution in [-0.4, -0.2) is 51.6 Å². The van der Waals surface area contributed by atoms with Crippen LogP contribution in [0.1, 0.15) is 21.5 Å². The molecule has 5 rings (SSSR count). The van der Waals surface area contributed by atoms with E-state index < -0.39 is 0 Å². The molecule has 1 fully saturated rings. The summed E-state index contributed by atoms with van der Waals surface area (Å²) in [4.78, 5) is 34.8. The summed E-state index contributed by atoms with van der Waals surface area (Å²) in [7, 11) is 0. The Morgan fingerprint density at radius 1 is 0.969 bits per heavy atom. The van der Waals surface area contributed by atoms with Crippen molar-refractivity contribution in [3.8, 4) is 10.6 Å². The highest BCUT2D eigenvalue weighted by Crippen LogP contribution is 2.26. The van der Waals surface area contributed by atoms with Crippen LogP contribution >= 0.6 is 11.3 Å². The van der Waals surface area contributed by atoms with Gasteiger partial charge < -0.3 is 9.80 Å². The first-order chi connectivity index (χ1) is 15.5. The molecule has 1 aliphatic heterocycles. The molecular formula is C24H23N5O2S. The Bertz CT molecular complexity index is 1350. The smallest absolute Gasteiger partial charge is 0.277 e. The molecule has 0 N–H and O–H groups in total. The number of fused-ring (bicyclic) bond motifs is 1. The number of hydrogen-bond donors (Lipinski definition) is 0. The average molecular weight is 446 g/mol. The van der Waals surface area contributed by atoms with Crippen molar-refractivity contribution in [2.45, 2.75) is 13.8 Å². The van der Waals surface area contributed by atoms with E-state index in [9.17, 15) is 9.59 Å². The van der Waals surface area contributed by atoms with Crippen LogP contribution in [0.2, 0.25) is 0 Å². The lowest BCUT2D eigenvalue weighted by Crippen LogP contribution is -2.49. The van der Waals surface area contributed by atoms with E-state index in [0.717, 1.165) is 21.7 Å². The van der Waals surface area contributed by atoms with Gasteiger partial charge in [0.1, 0.15) is 10.8 Å². The first-order valence-corrected chi connectivity index (χ1v) is 11.4. The van der Waals surface area contributed by atoms with Crippen molar-refractivity contribution < 1.29 is 4.79 Å². The van der Waals surface area contributed by atoms with Crippen molar-refractivity contribution in [2.75, 3.05) is 31.1 Å². The highest BCUT2D eigenvalue weighted by Gasteiger charge is 2.24. The van der Waals surface area contributed by atoms with Gasteiger partial charge in [0.05, 0.1) is 0 Å². The van der Waals surface area contributed by atoms with Crippen LogP contribution in [0.15, 0.2) is 59.4 Å². The van der Waals surface area contributed by atoms with E-state index in [1.807, 2.05) is 67.3 Å². The van der Waals surface area contributed by atoms with E-state index in [4.69, 9.17) is 4.98 Å². The molecule has 8 heteroatoms. The zero-order valence-corrected chi connectivity index (χ0v) is 18.8. The summed E-state index contributed by atoms with van der Waals surface area (Å²) < 4.78 is 1.36. The molecule has 0 aliphatic carbocycles. The summed E-state index contributed by atoms with van der Waals surface area (Å²) >= 11 is 1.40. The molecule has 0 spiro atoms. The Labute approximate surface area is 189 Å². The lowest BCUT2D eigenvalue weighted by molar-refractivity contribution is 0.0746. The maximum atomic E-state index is 12.9. The lowest BCUT2D eigenvalue weighted by atomic mass is 10.1. The SMILES string of the molecule is Cc1ccc(-c2nn3c(=O)cc(N4CCN(C(=O)c5ccccc5C)CC4)nc3s2)cc1. The first-order valence-electron chi connectivity index (χ1n) is 10.6. The lowest BCUT2D eigenvalue weighted by Gasteiger charge is -2.35. The van der Waals surface area contributed by atoms with Crippen LogP contribution in [0.5, 0.6) is 0 Å². The topological polar surface area (TPSA) is 70.8 Å². The zero-order valence-electron chi connectivity index (χ0n) is 18.0. The highest BCUT2D eigenvalue weighted by molar-refractivity contribution is 7.19. The predicted molar refractivity (Wildman–Crippen MR) is 127 cm³/mol. The predicted octanol–water partition coefficient (Wildman–Crippen LogP) is 3.40. The van der Waals surface area contributed by atoms with Gasteiger partial charge in [-0.15, -0.1) is 0 Å². The number of piperazine rings is 1. The minimum absolute atomic E-state index is 0.0522. The number of aromatic nitrogens is 3. The van der Waals surface area contributed by atoms with Crippen molar-refractivity contribution in [1.82, 2.24) is 19.5 Å². The Hall–Kier alpha value is -3.52. The number of aryl methyl sites for hydroxylation is 2. The number of hydrogen-bond acceptors (Lipinski definition) is 6. The Balaban J connectivity index is 1.35. The van der Waals surface area contributed by atoms with Gasteiger partial charge in [-0.05, 0) is 25.5 Å². The highest BCUT2D eigenvalue weighted by atomic mass is 32.1. The Kier molecular flexibility index (Phi) is 5.22. The fourth-order valence-electron chi connectivity index (χ4n) is 3.90. The van der Waals surface area contributed by atoms with Crippen LogP contribution in [-0.2, 0) is 0 Å². The summed E-state index contributed by atoms with van der Waals surface area (Å²) in [6.07, 6.45) is 0. The Morgan fingerprint density at radius 2 is 1.69 bits per heavy atom. The van der Waals surface area contributed by atoms with Crippen molar-refractivity contribution in [2.24, 2.45) is 0 Å². The fourth-order valence-corrected chi connectivity index (χ4v) is 4.80. The number of carbonyl (C=O) groups excluding carboxylic acids is 1. The van der Waals surface area contributed by atoms with Crippen molar-refractivity contribution in [3.05, 3.63) is 81.6 Å². The normalized spacial score (nSPS) is 14.2. The molecular weight excluding hydrogens is 422 g/mol. The molecule has 0 saturated carbocycles.